The van der Waals surface area contributed by atoms with Crippen molar-refractivity contribution >= 4 is 5.82 Å². The molecular weight excluding hydrogens is 241 g/mol. The number of aromatic nitrogens is 2. The zero-order valence-corrected chi connectivity index (χ0v) is 11.7. The number of anilines is 1. The Morgan fingerprint density at radius 1 is 1.11 bits per heavy atom. The van der Waals surface area contributed by atoms with Gasteiger partial charge in [0.25, 0.3) is 0 Å². The number of hydrogen-bond acceptors (Lipinski definition) is 3. The summed E-state index contributed by atoms with van der Waals surface area (Å²) in [6.45, 7) is 8.42. The Morgan fingerprint density at radius 3 is 2.47 bits per heavy atom. The second kappa shape index (κ2) is 5.34. The molecule has 0 aliphatic rings. The van der Waals surface area contributed by atoms with Crippen LogP contribution in [0.3, 0.4) is 0 Å². The van der Waals surface area contributed by atoms with E-state index in [-0.39, 0.29) is 5.82 Å². The van der Waals surface area contributed by atoms with Gasteiger partial charge in [0, 0.05) is 12.1 Å². The minimum atomic E-state index is -0.276. The average Bonchev–Trinajstić information content (AvgIpc) is 2.37. The molecule has 19 heavy (non-hydrogen) atoms. The molecule has 0 unspecified atom stereocenters. The summed E-state index contributed by atoms with van der Waals surface area (Å²) >= 11 is 0. The third kappa shape index (κ3) is 2.72. The third-order valence-corrected chi connectivity index (χ3v) is 3.03. The fraction of sp³-hybridized carbons (Fsp3) is 0.333. The fourth-order valence-corrected chi connectivity index (χ4v) is 1.90. The first-order chi connectivity index (χ1) is 9.02. The van der Waals surface area contributed by atoms with Gasteiger partial charge in [0.2, 0.25) is 0 Å². The molecule has 0 radical (unpaired) electrons. The molecule has 1 heterocycles. The number of nitrogens with zero attached hydrogens (tertiary/aromatic N) is 2. The minimum absolute atomic E-state index is 0.276. The van der Waals surface area contributed by atoms with Gasteiger partial charge in [-0.15, -0.1) is 0 Å². The first-order valence-electron chi connectivity index (χ1n) is 6.38. The molecule has 2 rings (SSSR count). The topological polar surface area (TPSA) is 37.8 Å². The van der Waals surface area contributed by atoms with Crippen molar-refractivity contribution in [2.45, 2.75) is 27.7 Å². The Morgan fingerprint density at radius 2 is 1.79 bits per heavy atom. The van der Waals surface area contributed by atoms with Crippen LogP contribution in [-0.2, 0) is 0 Å². The van der Waals surface area contributed by atoms with E-state index in [1.807, 2.05) is 27.7 Å². The van der Waals surface area contributed by atoms with Gasteiger partial charge in [0.1, 0.15) is 11.5 Å². The van der Waals surface area contributed by atoms with E-state index in [2.05, 4.69) is 15.3 Å². The Labute approximate surface area is 112 Å². The molecule has 4 heteroatoms. The predicted octanol–water partition coefficient (Wildman–Crippen LogP) is 3.64. The van der Waals surface area contributed by atoms with Crippen molar-refractivity contribution in [1.29, 1.82) is 0 Å². The van der Waals surface area contributed by atoms with Crippen LogP contribution in [0.5, 0.6) is 0 Å². The molecule has 0 atom stereocenters. The van der Waals surface area contributed by atoms with Gasteiger partial charge in [-0.25, -0.2) is 14.4 Å². The summed E-state index contributed by atoms with van der Waals surface area (Å²) in [6.07, 6.45) is 0. The Bertz CT molecular complexity index is 609. The fourth-order valence-electron chi connectivity index (χ4n) is 1.90. The monoisotopic (exact) mass is 259 g/mol. The van der Waals surface area contributed by atoms with E-state index < -0.39 is 0 Å². The summed E-state index contributed by atoms with van der Waals surface area (Å²) in [7, 11) is 0. The Kier molecular flexibility index (Phi) is 3.79. The van der Waals surface area contributed by atoms with Crippen molar-refractivity contribution in [3.05, 3.63) is 41.0 Å². The quantitative estimate of drug-likeness (QED) is 0.914. The van der Waals surface area contributed by atoms with Crippen LogP contribution in [0.25, 0.3) is 11.3 Å². The average molecular weight is 259 g/mol. The molecule has 1 aromatic heterocycles. The second-order valence-corrected chi connectivity index (χ2v) is 4.61. The predicted molar refractivity (Wildman–Crippen MR) is 75.8 cm³/mol. The molecule has 0 saturated heterocycles. The molecular formula is C15H18FN3. The molecule has 0 spiro atoms. The van der Waals surface area contributed by atoms with Crippen molar-refractivity contribution in [1.82, 2.24) is 9.97 Å². The normalized spacial score (nSPS) is 10.6. The van der Waals surface area contributed by atoms with Crippen LogP contribution in [0.15, 0.2) is 18.2 Å². The van der Waals surface area contributed by atoms with E-state index in [1.165, 1.54) is 6.07 Å². The maximum atomic E-state index is 14.0. The van der Waals surface area contributed by atoms with Crippen molar-refractivity contribution in [3.63, 3.8) is 0 Å². The second-order valence-electron chi connectivity index (χ2n) is 4.61. The first-order valence-corrected chi connectivity index (χ1v) is 6.38. The van der Waals surface area contributed by atoms with Crippen LogP contribution >= 0.6 is 0 Å². The lowest BCUT2D eigenvalue weighted by atomic mass is 10.1. The van der Waals surface area contributed by atoms with E-state index in [9.17, 15) is 4.39 Å². The maximum Gasteiger partial charge on any atom is 0.153 e. The highest BCUT2D eigenvalue weighted by Crippen LogP contribution is 2.28. The number of rotatable bonds is 3. The van der Waals surface area contributed by atoms with Crippen LogP contribution in [-0.4, -0.2) is 16.5 Å². The maximum absolute atomic E-state index is 14.0. The van der Waals surface area contributed by atoms with Crippen molar-refractivity contribution in [2.24, 2.45) is 0 Å². The van der Waals surface area contributed by atoms with Crippen LogP contribution in [0.2, 0.25) is 0 Å². The van der Waals surface area contributed by atoms with Gasteiger partial charge >= 0.3 is 0 Å². The molecule has 0 amide bonds. The van der Waals surface area contributed by atoms with Gasteiger partial charge in [0.15, 0.2) is 5.82 Å². The van der Waals surface area contributed by atoms with Gasteiger partial charge in [-0.2, -0.15) is 0 Å². The van der Waals surface area contributed by atoms with Crippen molar-refractivity contribution < 1.29 is 4.39 Å². The van der Waals surface area contributed by atoms with Gasteiger partial charge < -0.3 is 5.32 Å². The van der Waals surface area contributed by atoms with Gasteiger partial charge in [0.05, 0.1) is 11.4 Å². The lowest BCUT2D eigenvalue weighted by Crippen LogP contribution is -2.07. The third-order valence-electron chi connectivity index (χ3n) is 3.03. The summed E-state index contributed by atoms with van der Waals surface area (Å²) in [4.78, 5) is 8.97. The largest absolute Gasteiger partial charge is 0.369 e. The summed E-state index contributed by atoms with van der Waals surface area (Å²) in [6, 6.07) is 5.02. The number of aryl methyl sites for hydroxylation is 3. The molecule has 0 bridgehead atoms. The first kappa shape index (κ1) is 13.5. The zero-order valence-electron chi connectivity index (χ0n) is 11.7. The van der Waals surface area contributed by atoms with Crippen molar-refractivity contribution in [3.8, 4) is 11.3 Å². The molecule has 0 aliphatic heterocycles. The molecule has 1 aromatic carbocycles. The summed E-state index contributed by atoms with van der Waals surface area (Å²) in [5, 5.41) is 3.15. The Hall–Kier alpha value is -1.97. The lowest BCUT2D eigenvalue weighted by molar-refractivity contribution is 0.630. The molecule has 0 aliphatic carbocycles. The number of benzene rings is 1. The molecule has 3 nitrogen and oxygen atoms in total. The standard InChI is InChI=1S/C15H18FN3/c1-5-17-15-14(18-10(3)11(4)19-15)12-8-9(2)6-7-13(12)16/h6-8H,5H2,1-4H3,(H,17,19). The highest BCUT2D eigenvalue weighted by atomic mass is 19.1. The van der Waals surface area contributed by atoms with E-state index in [0.29, 0.717) is 17.1 Å². The number of hydrogen-bond donors (Lipinski definition) is 1. The highest BCUT2D eigenvalue weighted by Gasteiger charge is 2.14. The van der Waals surface area contributed by atoms with E-state index in [1.54, 1.807) is 12.1 Å². The smallest absolute Gasteiger partial charge is 0.153 e. The Balaban J connectivity index is 2.66. The van der Waals surface area contributed by atoms with E-state index in [4.69, 9.17) is 0 Å². The highest BCUT2D eigenvalue weighted by molar-refractivity contribution is 5.72. The van der Waals surface area contributed by atoms with Crippen LogP contribution in [0.4, 0.5) is 10.2 Å². The van der Waals surface area contributed by atoms with Crippen LogP contribution < -0.4 is 5.32 Å². The van der Waals surface area contributed by atoms with Crippen LogP contribution in [0, 0.1) is 26.6 Å². The summed E-state index contributed by atoms with van der Waals surface area (Å²) in [5.74, 6) is 0.359. The molecule has 0 fully saturated rings. The van der Waals surface area contributed by atoms with Crippen LogP contribution in [0.1, 0.15) is 23.9 Å². The minimum Gasteiger partial charge on any atom is -0.369 e. The SMILES string of the molecule is CCNc1nc(C)c(C)nc1-c1cc(C)ccc1F. The summed E-state index contributed by atoms with van der Waals surface area (Å²) < 4.78 is 14.0. The molecule has 0 saturated carbocycles. The number of nitrogens with one attached hydrogen (secondary N) is 1. The van der Waals surface area contributed by atoms with Gasteiger partial charge in [-0.05, 0) is 39.8 Å². The van der Waals surface area contributed by atoms with E-state index in [0.717, 1.165) is 23.5 Å². The molecule has 100 valence electrons. The lowest BCUT2D eigenvalue weighted by Gasteiger charge is -2.13. The van der Waals surface area contributed by atoms with Gasteiger partial charge in [-0.1, -0.05) is 11.6 Å². The number of halogens is 1. The molecule has 1 N–H and O–H groups in total. The van der Waals surface area contributed by atoms with Crippen molar-refractivity contribution in [2.75, 3.05) is 11.9 Å². The summed E-state index contributed by atoms with van der Waals surface area (Å²) in [5.41, 5.74) is 3.74. The van der Waals surface area contributed by atoms with E-state index >= 15 is 0 Å². The van der Waals surface area contributed by atoms with Gasteiger partial charge in [-0.3, -0.25) is 0 Å². The zero-order chi connectivity index (χ0) is 14.0. The molecule has 2 aromatic rings.